The van der Waals surface area contributed by atoms with Gasteiger partial charge in [0, 0.05) is 17.0 Å². The van der Waals surface area contributed by atoms with E-state index in [0.717, 1.165) is 42.7 Å². The Labute approximate surface area is 165 Å². The van der Waals surface area contributed by atoms with Crippen molar-refractivity contribution in [2.75, 3.05) is 0 Å². The largest absolute Gasteiger partial charge is 0.446 e. The number of hydrogen-bond acceptors (Lipinski definition) is 5. The average Bonchev–Trinajstić information content (AvgIpc) is 3.21. The van der Waals surface area contributed by atoms with E-state index in [1.165, 1.54) is 12.1 Å². The van der Waals surface area contributed by atoms with E-state index in [9.17, 15) is 9.59 Å². The zero-order valence-corrected chi connectivity index (χ0v) is 15.7. The van der Waals surface area contributed by atoms with Gasteiger partial charge in [-0.25, -0.2) is 4.98 Å². The molecule has 2 fully saturated rings. The maximum Gasteiger partial charge on any atom is 0.287 e. The minimum absolute atomic E-state index is 0.0170. The summed E-state index contributed by atoms with van der Waals surface area (Å²) in [5.74, 6) is 0.154. The summed E-state index contributed by atoms with van der Waals surface area (Å²) in [5.41, 5.74) is 6.93. The molecule has 0 radical (unpaired) electrons. The molecule has 2 aromatic heterocycles. The molecule has 0 atom stereocenters. The molecule has 1 aromatic carbocycles. The number of benzene rings is 1. The average molecular weight is 400 g/mol. The first-order valence-electron chi connectivity index (χ1n) is 9.17. The molecule has 28 heavy (non-hydrogen) atoms. The quantitative estimate of drug-likeness (QED) is 0.695. The second kappa shape index (κ2) is 6.10. The van der Waals surface area contributed by atoms with Gasteiger partial charge in [0.2, 0.25) is 0 Å². The standard InChI is InChI=1S/C20H18ClN3O4/c21-11-1-2-14-13(5-11)24-19(28-14)10-6-20(7-10)8-12(9-20)23-18(26)16-4-3-15(27-16)17(22)25/h1-5,10,12H,6-9H2,(H2,22,25)(H,23,26). The summed E-state index contributed by atoms with van der Waals surface area (Å²) in [6.45, 7) is 0. The Balaban J connectivity index is 1.16. The van der Waals surface area contributed by atoms with Crippen LogP contribution in [0.1, 0.15) is 58.6 Å². The van der Waals surface area contributed by atoms with Gasteiger partial charge >= 0.3 is 0 Å². The SMILES string of the molecule is NC(=O)c1ccc(C(=O)NC2CC3(C2)CC(c2nc4cc(Cl)ccc4o2)C3)o1. The molecule has 2 aliphatic carbocycles. The number of nitrogens with one attached hydrogen (secondary N) is 1. The van der Waals surface area contributed by atoms with E-state index in [-0.39, 0.29) is 28.9 Å². The summed E-state index contributed by atoms with van der Waals surface area (Å²) in [4.78, 5) is 27.9. The number of nitrogens with zero attached hydrogens (tertiary/aromatic N) is 1. The molecule has 1 spiro atoms. The lowest BCUT2D eigenvalue weighted by atomic mass is 9.50. The van der Waals surface area contributed by atoms with E-state index in [2.05, 4.69) is 10.3 Å². The number of primary amides is 1. The molecule has 3 aromatic rings. The molecular weight excluding hydrogens is 382 g/mol. The van der Waals surface area contributed by atoms with Crippen LogP contribution in [0.2, 0.25) is 5.02 Å². The topological polar surface area (TPSA) is 111 Å². The highest BCUT2D eigenvalue weighted by Gasteiger charge is 2.54. The van der Waals surface area contributed by atoms with Gasteiger partial charge in [0.05, 0.1) is 0 Å². The third-order valence-electron chi connectivity index (χ3n) is 5.84. The number of furan rings is 1. The molecule has 2 aliphatic rings. The van der Waals surface area contributed by atoms with E-state index >= 15 is 0 Å². The summed E-state index contributed by atoms with van der Waals surface area (Å²) >= 11 is 6.01. The van der Waals surface area contributed by atoms with Crippen molar-refractivity contribution in [3.63, 3.8) is 0 Å². The van der Waals surface area contributed by atoms with Crippen molar-refractivity contribution < 1.29 is 18.4 Å². The van der Waals surface area contributed by atoms with Gasteiger partial charge in [0.1, 0.15) is 5.52 Å². The molecule has 0 aliphatic heterocycles. The summed E-state index contributed by atoms with van der Waals surface area (Å²) in [7, 11) is 0. The Hall–Kier alpha value is -2.80. The molecule has 2 heterocycles. The third kappa shape index (κ3) is 2.86. The van der Waals surface area contributed by atoms with Crippen molar-refractivity contribution in [2.45, 2.75) is 37.6 Å². The number of halogens is 1. The third-order valence-corrected chi connectivity index (χ3v) is 6.08. The van der Waals surface area contributed by atoms with Gasteiger partial charge < -0.3 is 19.9 Å². The molecule has 0 unspecified atom stereocenters. The number of nitrogens with two attached hydrogens (primary N) is 1. The van der Waals surface area contributed by atoms with Gasteiger partial charge in [-0.15, -0.1) is 0 Å². The first-order valence-corrected chi connectivity index (χ1v) is 9.55. The van der Waals surface area contributed by atoms with Gasteiger partial charge in [0.25, 0.3) is 11.8 Å². The predicted molar refractivity (Wildman–Crippen MR) is 101 cm³/mol. The van der Waals surface area contributed by atoms with Crippen LogP contribution in [-0.2, 0) is 0 Å². The summed E-state index contributed by atoms with van der Waals surface area (Å²) in [6.07, 6.45) is 3.86. The Morgan fingerprint density at radius 3 is 2.57 bits per heavy atom. The predicted octanol–water partition coefficient (Wildman–Crippen LogP) is 3.63. The van der Waals surface area contributed by atoms with E-state index < -0.39 is 5.91 Å². The number of aromatic nitrogens is 1. The number of oxazole rings is 1. The highest BCUT2D eigenvalue weighted by atomic mass is 35.5. The van der Waals surface area contributed by atoms with Crippen molar-refractivity contribution in [1.82, 2.24) is 10.3 Å². The smallest absolute Gasteiger partial charge is 0.287 e. The van der Waals surface area contributed by atoms with Crippen LogP contribution in [0.5, 0.6) is 0 Å². The molecule has 2 amide bonds. The first kappa shape index (κ1) is 17.3. The van der Waals surface area contributed by atoms with Gasteiger partial charge in [0.15, 0.2) is 23.0 Å². The Morgan fingerprint density at radius 2 is 1.86 bits per heavy atom. The first-order chi connectivity index (χ1) is 13.4. The Morgan fingerprint density at radius 1 is 1.11 bits per heavy atom. The number of fused-ring (bicyclic) bond motifs is 1. The van der Waals surface area contributed by atoms with Gasteiger partial charge in [-0.1, -0.05) is 11.6 Å². The minimum atomic E-state index is -0.691. The van der Waals surface area contributed by atoms with Crippen molar-refractivity contribution in [3.05, 3.63) is 52.8 Å². The number of rotatable bonds is 4. The van der Waals surface area contributed by atoms with Crippen molar-refractivity contribution in [2.24, 2.45) is 11.1 Å². The fourth-order valence-electron chi connectivity index (χ4n) is 4.52. The maximum absolute atomic E-state index is 12.2. The summed E-state index contributed by atoms with van der Waals surface area (Å²) < 4.78 is 11.0. The zero-order chi connectivity index (χ0) is 19.5. The van der Waals surface area contributed by atoms with Gasteiger partial charge in [-0.3, -0.25) is 9.59 Å². The van der Waals surface area contributed by atoms with Crippen molar-refractivity contribution in [3.8, 4) is 0 Å². The number of hydrogen-bond donors (Lipinski definition) is 2. The van der Waals surface area contributed by atoms with Crippen LogP contribution in [0.4, 0.5) is 0 Å². The second-order valence-electron chi connectivity index (χ2n) is 7.88. The van der Waals surface area contributed by atoms with E-state index in [1.807, 2.05) is 12.1 Å². The Kier molecular flexibility index (Phi) is 3.77. The highest BCUT2D eigenvalue weighted by molar-refractivity contribution is 6.31. The van der Waals surface area contributed by atoms with Crippen LogP contribution >= 0.6 is 11.6 Å². The van der Waals surface area contributed by atoms with Crippen LogP contribution in [0.15, 0.2) is 39.2 Å². The monoisotopic (exact) mass is 399 g/mol. The normalized spacial score (nSPS) is 26.0. The number of carbonyl (C=O) groups is 2. The van der Waals surface area contributed by atoms with Crippen molar-refractivity contribution in [1.29, 1.82) is 0 Å². The molecule has 5 rings (SSSR count). The zero-order valence-electron chi connectivity index (χ0n) is 14.9. The van der Waals surface area contributed by atoms with Crippen LogP contribution in [0.3, 0.4) is 0 Å². The maximum atomic E-state index is 12.2. The Bertz CT molecular complexity index is 1090. The summed E-state index contributed by atoms with van der Waals surface area (Å²) in [5, 5.41) is 3.60. The van der Waals surface area contributed by atoms with E-state index in [4.69, 9.17) is 26.2 Å². The number of carbonyl (C=O) groups excluding carboxylic acids is 2. The van der Waals surface area contributed by atoms with Gasteiger partial charge in [-0.05, 0) is 61.4 Å². The molecule has 3 N–H and O–H groups in total. The van der Waals surface area contributed by atoms with Crippen LogP contribution in [0, 0.1) is 5.41 Å². The summed E-state index contributed by atoms with van der Waals surface area (Å²) in [6, 6.07) is 8.43. The van der Waals surface area contributed by atoms with Gasteiger partial charge in [-0.2, -0.15) is 0 Å². The lowest BCUT2D eigenvalue weighted by Crippen LogP contribution is -2.55. The van der Waals surface area contributed by atoms with Crippen LogP contribution in [0.25, 0.3) is 11.1 Å². The minimum Gasteiger partial charge on any atom is -0.446 e. The lowest BCUT2D eigenvalue weighted by Gasteiger charge is -2.57. The molecule has 0 bridgehead atoms. The molecular formula is C20H18ClN3O4. The van der Waals surface area contributed by atoms with Crippen molar-refractivity contribution >= 4 is 34.5 Å². The molecule has 7 nitrogen and oxygen atoms in total. The fraction of sp³-hybridized carbons (Fsp3) is 0.350. The molecule has 0 saturated heterocycles. The number of amides is 2. The van der Waals surface area contributed by atoms with Crippen LogP contribution < -0.4 is 11.1 Å². The molecule has 8 heteroatoms. The molecule has 144 valence electrons. The molecule has 2 saturated carbocycles. The fourth-order valence-corrected chi connectivity index (χ4v) is 4.69. The lowest BCUT2D eigenvalue weighted by molar-refractivity contribution is -0.0256. The van der Waals surface area contributed by atoms with E-state index in [1.54, 1.807) is 6.07 Å². The van der Waals surface area contributed by atoms with Crippen LogP contribution in [-0.4, -0.2) is 22.8 Å². The second-order valence-corrected chi connectivity index (χ2v) is 8.31. The highest BCUT2D eigenvalue weighted by Crippen LogP contribution is 2.61. The van der Waals surface area contributed by atoms with E-state index in [0.29, 0.717) is 10.9 Å².